The number of phosphoric acid groups is 1. The molecular weight excluding hydrogens is 321 g/mol. The molecule has 0 bridgehead atoms. The van der Waals surface area contributed by atoms with Crippen LogP contribution in [0.15, 0.2) is 0 Å². The first-order chi connectivity index (χ1) is 10.4. The minimum atomic E-state index is -4.03. The highest BCUT2D eigenvalue weighted by Gasteiger charge is 2.33. The van der Waals surface area contributed by atoms with Gasteiger partial charge in [-0.3, -0.25) is 13.8 Å². The van der Waals surface area contributed by atoms with Crippen molar-refractivity contribution in [3.8, 4) is 0 Å². The average molecular weight is 353 g/mol. The Morgan fingerprint density at radius 3 is 2.17 bits per heavy atom. The predicted octanol–water partition coefficient (Wildman–Crippen LogP) is 2.74. The SMILES string of the molecule is CNCCOP(=O)(O)OCCCOC(=O)C(C)(C)CC(C)(C)C. The van der Waals surface area contributed by atoms with Crippen molar-refractivity contribution in [3.63, 3.8) is 0 Å². The van der Waals surface area contributed by atoms with Gasteiger partial charge in [0.25, 0.3) is 0 Å². The fourth-order valence-corrected chi connectivity index (χ4v) is 3.05. The summed E-state index contributed by atoms with van der Waals surface area (Å²) in [4.78, 5) is 21.5. The molecule has 0 aliphatic rings. The largest absolute Gasteiger partial charge is 0.472 e. The summed E-state index contributed by atoms with van der Waals surface area (Å²) in [6.45, 7) is 10.6. The van der Waals surface area contributed by atoms with Gasteiger partial charge in [-0.15, -0.1) is 0 Å². The number of ether oxygens (including phenoxy) is 1. The molecule has 0 rings (SSSR count). The molecule has 138 valence electrons. The van der Waals surface area contributed by atoms with Crippen molar-refractivity contribution >= 4 is 13.8 Å². The highest BCUT2D eigenvalue weighted by molar-refractivity contribution is 7.47. The van der Waals surface area contributed by atoms with Crippen LogP contribution in [0.5, 0.6) is 0 Å². The zero-order valence-electron chi connectivity index (χ0n) is 15.2. The third-order valence-corrected chi connectivity index (χ3v) is 3.93. The number of carbonyl (C=O) groups excluding carboxylic acids is 1. The number of rotatable bonds is 11. The smallest absolute Gasteiger partial charge is 0.465 e. The van der Waals surface area contributed by atoms with Crippen molar-refractivity contribution in [2.45, 2.75) is 47.5 Å². The summed E-state index contributed by atoms with van der Waals surface area (Å²) in [5.74, 6) is -0.273. The van der Waals surface area contributed by atoms with Crippen LogP contribution in [0.25, 0.3) is 0 Å². The molecule has 0 aromatic carbocycles. The molecule has 0 saturated heterocycles. The van der Waals surface area contributed by atoms with Crippen LogP contribution in [0.2, 0.25) is 0 Å². The molecule has 8 heteroatoms. The van der Waals surface area contributed by atoms with Crippen molar-refractivity contribution in [2.75, 3.05) is 33.4 Å². The van der Waals surface area contributed by atoms with E-state index in [9.17, 15) is 14.3 Å². The van der Waals surface area contributed by atoms with E-state index in [0.29, 0.717) is 19.4 Å². The van der Waals surface area contributed by atoms with Crippen LogP contribution < -0.4 is 5.32 Å². The molecule has 1 atom stereocenters. The summed E-state index contributed by atoms with van der Waals surface area (Å²) in [6.07, 6.45) is 1.04. The van der Waals surface area contributed by atoms with Crippen molar-refractivity contribution in [2.24, 2.45) is 10.8 Å². The van der Waals surface area contributed by atoms with Gasteiger partial charge in [-0.1, -0.05) is 20.8 Å². The Balaban J connectivity index is 3.99. The monoisotopic (exact) mass is 353 g/mol. The number of likely N-dealkylation sites (N-methyl/N-ethyl adjacent to an activating group) is 1. The summed E-state index contributed by atoms with van der Waals surface area (Å²) in [7, 11) is -2.32. The molecule has 0 fully saturated rings. The summed E-state index contributed by atoms with van der Waals surface area (Å²) in [6, 6.07) is 0. The molecule has 0 aliphatic carbocycles. The van der Waals surface area contributed by atoms with Crippen LogP contribution in [0.3, 0.4) is 0 Å². The van der Waals surface area contributed by atoms with Crippen molar-refractivity contribution < 1.29 is 28.0 Å². The Hall–Kier alpha value is -0.460. The fourth-order valence-electron chi connectivity index (χ4n) is 2.30. The molecule has 0 aromatic rings. The zero-order valence-corrected chi connectivity index (χ0v) is 16.1. The fraction of sp³-hybridized carbons (Fsp3) is 0.933. The second kappa shape index (κ2) is 9.74. The van der Waals surface area contributed by atoms with E-state index in [-0.39, 0.29) is 31.2 Å². The first-order valence-electron chi connectivity index (χ1n) is 7.83. The normalized spacial score (nSPS) is 15.3. The van der Waals surface area contributed by atoms with Gasteiger partial charge in [0, 0.05) is 13.0 Å². The summed E-state index contributed by atoms with van der Waals surface area (Å²) < 4.78 is 26.2. The van der Waals surface area contributed by atoms with Gasteiger partial charge in [0.15, 0.2) is 0 Å². The quantitative estimate of drug-likeness (QED) is 0.335. The molecule has 1 unspecified atom stereocenters. The maximum Gasteiger partial charge on any atom is 0.472 e. The number of carbonyl (C=O) groups is 1. The highest BCUT2D eigenvalue weighted by Crippen LogP contribution is 2.42. The molecule has 0 radical (unpaired) electrons. The van der Waals surface area contributed by atoms with E-state index in [4.69, 9.17) is 13.8 Å². The van der Waals surface area contributed by atoms with Crippen LogP contribution in [0, 0.1) is 10.8 Å². The Morgan fingerprint density at radius 2 is 1.65 bits per heavy atom. The highest BCUT2D eigenvalue weighted by atomic mass is 31.2. The maximum absolute atomic E-state index is 12.1. The Bertz CT molecular complexity index is 405. The molecule has 2 N–H and O–H groups in total. The standard InChI is InChI=1S/C15H32NO6P/c1-14(2,3)12-15(4,5)13(17)20-9-7-10-21-23(18,19)22-11-8-16-6/h16H,7-12H2,1-6H3,(H,18,19). The minimum absolute atomic E-state index is 0.0136. The topological polar surface area (TPSA) is 94.1 Å². The molecule has 0 saturated carbocycles. The van der Waals surface area contributed by atoms with Crippen LogP contribution in [0.4, 0.5) is 0 Å². The van der Waals surface area contributed by atoms with Crippen LogP contribution in [-0.4, -0.2) is 44.3 Å². The molecular formula is C15H32NO6P. The van der Waals surface area contributed by atoms with Crippen molar-refractivity contribution in [1.82, 2.24) is 5.32 Å². The van der Waals surface area contributed by atoms with Gasteiger partial charge in [-0.25, -0.2) is 4.57 Å². The number of hydrogen-bond donors (Lipinski definition) is 2. The molecule has 0 aliphatic heterocycles. The van der Waals surface area contributed by atoms with Gasteiger partial charge >= 0.3 is 13.8 Å². The van der Waals surface area contributed by atoms with Crippen molar-refractivity contribution in [3.05, 3.63) is 0 Å². The first kappa shape index (κ1) is 22.5. The van der Waals surface area contributed by atoms with Crippen molar-refractivity contribution in [1.29, 1.82) is 0 Å². The molecule has 0 aromatic heterocycles. The van der Waals surface area contributed by atoms with E-state index in [0.717, 1.165) is 0 Å². The zero-order chi connectivity index (χ0) is 18.1. The molecule has 0 heterocycles. The second-order valence-electron chi connectivity index (χ2n) is 7.35. The number of esters is 1. The van der Waals surface area contributed by atoms with E-state index in [2.05, 4.69) is 26.1 Å². The minimum Gasteiger partial charge on any atom is -0.465 e. The molecule has 23 heavy (non-hydrogen) atoms. The third kappa shape index (κ3) is 11.7. The van der Waals surface area contributed by atoms with Crippen LogP contribution >= 0.6 is 7.82 Å². The maximum atomic E-state index is 12.1. The second-order valence-corrected chi connectivity index (χ2v) is 8.80. The van der Waals surface area contributed by atoms with Crippen LogP contribution in [0.1, 0.15) is 47.5 Å². The molecule has 0 amide bonds. The van der Waals surface area contributed by atoms with E-state index in [1.54, 1.807) is 7.05 Å². The van der Waals surface area contributed by atoms with Gasteiger partial charge in [-0.05, 0) is 32.7 Å². The van der Waals surface area contributed by atoms with E-state index >= 15 is 0 Å². The van der Waals surface area contributed by atoms with E-state index in [1.807, 2.05) is 13.8 Å². The number of phosphoric ester groups is 1. The van der Waals surface area contributed by atoms with Gasteiger partial charge in [0.2, 0.25) is 0 Å². The lowest BCUT2D eigenvalue weighted by atomic mass is 9.76. The summed E-state index contributed by atoms with van der Waals surface area (Å²) in [5.41, 5.74) is -0.540. The lowest BCUT2D eigenvalue weighted by molar-refractivity contribution is -0.155. The first-order valence-corrected chi connectivity index (χ1v) is 9.33. The van der Waals surface area contributed by atoms with E-state index in [1.165, 1.54) is 0 Å². The Labute approximate surface area is 139 Å². The molecule has 7 nitrogen and oxygen atoms in total. The third-order valence-electron chi connectivity index (χ3n) is 2.91. The predicted molar refractivity (Wildman–Crippen MR) is 89.1 cm³/mol. The van der Waals surface area contributed by atoms with Gasteiger partial charge in [0.1, 0.15) is 0 Å². The summed E-state index contributed by atoms with van der Waals surface area (Å²) >= 11 is 0. The lowest BCUT2D eigenvalue weighted by Crippen LogP contribution is -2.31. The number of nitrogens with one attached hydrogen (secondary N) is 1. The number of hydrogen-bond acceptors (Lipinski definition) is 6. The average Bonchev–Trinajstić information content (AvgIpc) is 2.35. The van der Waals surface area contributed by atoms with E-state index < -0.39 is 13.2 Å². The Morgan fingerprint density at radius 1 is 1.09 bits per heavy atom. The molecule has 0 spiro atoms. The summed E-state index contributed by atoms with van der Waals surface area (Å²) in [5, 5.41) is 2.79. The lowest BCUT2D eigenvalue weighted by Gasteiger charge is -2.30. The van der Waals surface area contributed by atoms with Gasteiger partial charge < -0.3 is 14.9 Å². The Kier molecular flexibility index (Phi) is 9.55. The van der Waals surface area contributed by atoms with Crippen LogP contribution in [-0.2, 0) is 23.1 Å². The van der Waals surface area contributed by atoms with Gasteiger partial charge in [0.05, 0.1) is 25.2 Å². The van der Waals surface area contributed by atoms with Gasteiger partial charge in [-0.2, -0.15) is 0 Å².